The molecule has 0 saturated carbocycles. The number of rotatable bonds is 31. The van der Waals surface area contributed by atoms with Crippen LogP contribution >= 0.6 is 22.7 Å². The van der Waals surface area contributed by atoms with E-state index in [0.29, 0.717) is 18.8 Å². The molecule has 1 aliphatic heterocycles. The largest absolute Gasteiger partial charge is 0.491 e. The van der Waals surface area contributed by atoms with Gasteiger partial charge in [-0.2, -0.15) is 15.8 Å². The summed E-state index contributed by atoms with van der Waals surface area (Å²) in [7, 11) is 0. The molecule has 0 N–H and O–H groups in total. The van der Waals surface area contributed by atoms with Crippen molar-refractivity contribution in [2.24, 2.45) is 0 Å². The SMILES string of the molecule is CCCCCCCCCCCCOc1c2cc(/C=C/c3ccc(N(CC)CC)cc3)sc2c(OCCCCCCCCCCCC)c2cc(/C=C/C3=C(C#N)C(=C(C#N)C#N)OC3(C)C)sc12. The highest BCUT2D eigenvalue weighted by atomic mass is 32.1. The second-order valence-corrected chi connectivity index (χ2v) is 20.5. The van der Waals surface area contributed by atoms with Crippen LogP contribution in [0.1, 0.15) is 185 Å². The van der Waals surface area contributed by atoms with Gasteiger partial charge in [0.25, 0.3) is 0 Å². The quantitative estimate of drug-likeness (QED) is 0.0366. The Hall–Kier alpha value is -5.01. The predicted octanol–water partition coefficient (Wildman–Crippen LogP) is 17.7. The summed E-state index contributed by atoms with van der Waals surface area (Å²) in [6.07, 6.45) is 33.6. The molecule has 4 aromatic rings. The highest BCUT2D eigenvalue weighted by Gasteiger charge is 2.38. The fourth-order valence-corrected chi connectivity index (χ4v) is 11.1. The molecule has 0 saturated heterocycles. The molecule has 7 nitrogen and oxygen atoms in total. The van der Waals surface area contributed by atoms with E-state index in [2.05, 4.69) is 87.2 Å². The second kappa shape index (κ2) is 28.3. The van der Waals surface area contributed by atoms with Gasteiger partial charge < -0.3 is 19.1 Å². The minimum absolute atomic E-state index is 0.0422. The van der Waals surface area contributed by atoms with Crippen LogP contribution in [0, 0.1) is 34.0 Å². The number of unbranched alkanes of at least 4 members (excludes halogenated alkanes) is 18. The van der Waals surface area contributed by atoms with Crippen molar-refractivity contribution >= 4 is 66.8 Å². The van der Waals surface area contributed by atoms with E-state index in [1.807, 2.05) is 38.1 Å². The lowest BCUT2D eigenvalue weighted by molar-refractivity contribution is 0.0954. The lowest BCUT2D eigenvalue weighted by Gasteiger charge is -2.20. The summed E-state index contributed by atoms with van der Waals surface area (Å²) in [5, 5.41) is 31.6. The van der Waals surface area contributed by atoms with Gasteiger partial charge in [-0.15, -0.1) is 22.7 Å². The molecule has 0 atom stereocenters. The first-order valence-corrected chi connectivity index (χ1v) is 27.2. The van der Waals surface area contributed by atoms with Crippen molar-refractivity contribution < 1.29 is 14.2 Å². The molecule has 0 radical (unpaired) electrons. The fraction of sp³-hybridized carbons (Fsp3) is 0.534. The maximum atomic E-state index is 10.2. The summed E-state index contributed by atoms with van der Waals surface area (Å²) in [5.74, 6) is 1.84. The first kappa shape index (κ1) is 53.0. The third-order valence-corrected chi connectivity index (χ3v) is 15.0. The van der Waals surface area contributed by atoms with Gasteiger partial charge in [-0.3, -0.25) is 0 Å². The molecular formula is C58H76N4O3S2. The van der Waals surface area contributed by atoms with Crippen molar-refractivity contribution in [1.82, 2.24) is 0 Å². The number of hydrogen-bond donors (Lipinski definition) is 0. The summed E-state index contributed by atoms with van der Waals surface area (Å²) in [6, 6.07) is 19.3. The Morgan fingerprint density at radius 1 is 0.597 bits per heavy atom. The normalized spacial score (nSPS) is 13.4. The Morgan fingerprint density at radius 2 is 1.03 bits per heavy atom. The van der Waals surface area contributed by atoms with Crippen LogP contribution in [0.25, 0.3) is 38.4 Å². The molecule has 67 heavy (non-hydrogen) atoms. The van der Waals surface area contributed by atoms with E-state index in [4.69, 9.17) is 14.2 Å². The average molecular weight is 941 g/mol. The van der Waals surface area contributed by atoms with Crippen LogP contribution in [0.3, 0.4) is 0 Å². The third-order valence-electron chi connectivity index (χ3n) is 12.8. The predicted molar refractivity (Wildman–Crippen MR) is 286 cm³/mol. The number of benzene rings is 2. The molecule has 0 amide bonds. The minimum Gasteiger partial charge on any atom is -0.491 e. The summed E-state index contributed by atoms with van der Waals surface area (Å²) >= 11 is 3.41. The zero-order valence-electron chi connectivity index (χ0n) is 41.6. The first-order valence-electron chi connectivity index (χ1n) is 25.6. The van der Waals surface area contributed by atoms with Crippen molar-refractivity contribution in [1.29, 1.82) is 15.8 Å². The van der Waals surface area contributed by atoms with Gasteiger partial charge in [-0.05, 0) is 82.5 Å². The van der Waals surface area contributed by atoms with Crippen LogP contribution in [0.15, 0.2) is 65.0 Å². The molecule has 1 aliphatic rings. The Morgan fingerprint density at radius 3 is 1.45 bits per heavy atom. The van der Waals surface area contributed by atoms with Crippen LogP contribution in [0.2, 0.25) is 0 Å². The van der Waals surface area contributed by atoms with Crippen LogP contribution in [0.5, 0.6) is 11.5 Å². The van der Waals surface area contributed by atoms with Crippen molar-refractivity contribution in [3.8, 4) is 29.7 Å². The van der Waals surface area contributed by atoms with Crippen molar-refractivity contribution in [3.63, 3.8) is 0 Å². The summed E-state index contributed by atoms with van der Waals surface area (Å²) in [4.78, 5) is 4.48. The number of nitriles is 3. The van der Waals surface area contributed by atoms with Crippen LogP contribution < -0.4 is 14.4 Å². The van der Waals surface area contributed by atoms with Crippen LogP contribution in [-0.2, 0) is 4.74 Å². The Labute approximate surface area is 411 Å². The van der Waals surface area contributed by atoms with Crippen LogP contribution in [-0.4, -0.2) is 31.9 Å². The second-order valence-electron chi connectivity index (χ2n) is 18.4. The van der Waals surface area contributed by atoms with Gasteiger partial charge in [0.15, 0.2) is 11.3 Å². The molecule has 9 heteroatoms. The number of allylic oxidation sites excluding steroid dienone is 2. The third kappa shape index (κ3) is 15.2. The number of thiophene rings is 2. The molecule has 3 heterocycles. The van der Waals surface area contributed by atoms with E-state index in [0.717, 1.165) is 85.8 Å². The maximum Gasteiger partial charge on any atom is 0.172 e. The summed E-state index contributed by atoms with van der Waals surface area (Å²) < 4.78 is 22.0. The highest BCUT2D eigenvalue weighted by molar-refractivity contribution is 7.22. The number of nitrogens with zero attached hydrogens (tertiary/aromatic N) is 4. The van der Waals surface area contributed by atoms with E-state index in [-0.39, 0.29) is 16.9 Å². The Kier molecular flexibility index (Phi) is 22.4. The van der Waals surface area contributed by atoms with Gasteiger partial charge in [-0.25, -0.2) is 0 Å². The van der Waals surface area contributed by atoms with Crippen LogP contribution in [0.4, 0.5) is 5.69 Å². The lowest BCUT2D eigenvalue weighted by Crippen LogP contribution is -2.21. The molecule has 0 fully saturated rings. The zero-order chi connectivity index (χ0) is 47.9. The Bertz CT molecular complexity index is 2330. The number of ether oxygens (including phenoxy) is 3. The number of fused-ring (bicyclic) bond motifs is 2. The topological polar surface area (TPSA) is 102 Å². The van der Waals surface area contributed by atoms with E-state index >= 15 is 0 Å². The van der Waals surface area contributed by atoms with Gasteiger partial charge >= 0.3 is 0 Å². The van der Waals surface area contributed by atoms with Crippen molar-refractivity contribution in [2.75, 3.05) is 31.2 Å². The van der Waals surface area contributed by atoms with Gasteiger partial charge in [0, 0.05) is 44.9 Å². The smallest absolute Gasteiger partial charge is 0.172 e. The number of anilines is 1. The number of hydrogen-bond acceptors (Lipinski definition) is 9. The molecule has 0 unspecified atom stereocenters. The standard InChI is InChI=1S/C58H76N4O3S2/c1-7-11-13-15-17-19-21-23-25-27-37-63-54-49-39-47(34-31-44-29-32-46(33-30-44)62(9-3)10-4)66-56(49)55(64-38-28-26-24-22-20-18-16-14-12-8-2)50-40-48(67-57(50)54)35-36-52-51(43-61)53(45(41-59)42-60)65-58(52,5)6/h29-36,39-40H,7-28,37-38H2,1-6H3/b34-31+,36-35+. The van der Waals surface area contributed by atoms with E-state index < -0.39 is 5.60 Å². The molecule has 0 spiro atoms. The zero-order valence-corrected chi connectivity index (χ0v) is 43.2. The van der Waals surface area contributed by atoms with Crippen molar-refractivity contribution in [3.05, 3.63) is 80.3 Å². The van der Waals surface area contributed by atoms with E-state index in [1.54, 1.807) is 22.7 Å². The first-order chi connectivity index (χ1) is 32.7. The maximum absolute atomic E-state index is 10.2. The monoisotopic (exact) mass is 941 g/mol. The molecule has 0 bridgehead atoms. The minimum atomic E-state index is -0.904. The van der Waals surface area contributed by atoms with Gasteiger partial charge in [-0.1, -0.05) is 154 Å². The summed E-state index contributed by atoms with van der Waals surface area (Å²) in [5.41, 5.74) is 2.13. The molecule has 2 aromatic heterocycles. The van der Waals surface area contributed by atoms with Gasteiger partial charge in [0.1, 0.15) is 40.9 Å². The van der Waals surface area contributed by atoms with E-state index in [9.17, 15) is 15.8 Å². The van der Waals surface area contributed by atoms with Gasteiger partial charge in [0.2, 0.25) is 0 Å². The lowest BCUT2D eigenvalue weighted by atomic mass is 9.94. The van der Waals surface area contributed by atoms with E-state index in [1.165, 1.54) is 108 Å². The average Bonchev–Trinajstić information content (AvgIpc) is 4.03. The molecule has 0 aliphatic carbocycles. The Balaban J connectivity index is 1.48. The highest BCUT2D eigenvalue weighted by Crippen LogP contribution is 2.50. The van der Waals surface area contributed by atoms with Gasteiger partial charge in [0.05, 0.1) is 22.6 Å². The fourth-order valence-electron chi connectivity index (χ4n) is 8.93. The molecule has 358 valence electrons. The van der Waals surface area contributed by atoms with Crippen molar-refractivity contribution in [2.45, 2.75) is 176 Å². The molecular weight excluding hydrogens is 865 g/mol. The molecule has 2 aromatic carbocycles. The molecule has 5 rings (SSSR count). The summed E-state index contributed by atoms with van der Waals surface area (Å²) in [6.45, 7) is 15.9.